The minimum atomic E-state index is 0.0522. The fraction of sp³-hybridized carbons (Fsp3) is 1.00. The van der Waals surface area contributed by atoms with E-state index in [9.17, 15) is 0 Å². The quantitative estimate of drug-likeness (QED) is 0.0719. The van der Waals surface area contributed by atoms with Gasteiger partial charge in [0.1, 0.15) is 6.10 Å². The highest BCUT2D eigenvalue weighted by Gasteiger charge is 2.10. The van der Waals surface area contributed by atoms with Gasteiger partial charge in [0, 0.05) is 19.8 Å². The molecule has 0 aliphatic heterocycles. The van der Waals surface area contributed by atoms with Gasteiger partial charge >= 0.3 is 0 Å². The molecule has 0 aliphatic carbocycles. The Labute approximate surface area is 265 Å². The van der Waals surface area contributed by atoms with Crippen molar-refractivity contribution >= 4 is 0 Å². The van der Waals surface area contributed by atoms with Crippen LogP contribution in [0.15, 0.2) is 0 Å². The van der Waals surface area contributed by atoms with E-state index in [1.54, 1.807) is 0 Å². The predicted octanol–water partition coefficient (Wildman–Crippen LogP) is 11.7. The maximum Gasteiger partial charge on any atom is 0.104 e. The van der Waals surface area contributed by atoms with E-state index in [0.29, 0.717) is 26.4 Å². The Hall–Kier alpha value is -0.160. The molecule has 42 heavy (non-hydrogen) atoms. The molecule has 0 amide bonds. The van der Waals surface area contributed by atoms with Crippen LogP contribution in [0.3, 0.4) is 0 Å². The zero-order valence-corrected chi connectivity index (χ0v) is 29.1. The molecule has 0 radical (unpaired) electrons. The average Bonchev–Trinajstić information content (AvgIpc) is 3.00. The first-order valence-electron chi connectivity index (χ1n) is 19.3. The summed E-state index contributed by atoms with van der Waals surface area (Å²) in [6.07, 6.45) is 39.8. The largest absolute Gasteiger partial charge is 0.379 e. The zero-order chi connectivity index (χ0) is 30.4. The number of ether oxygens (including phenoxy) is 3. The summed E-state index contributed by atoms with van der Waals surface area (Å²) in [5.41, 5.74) is 5.61. The Bertz CT molecular complexity index is 462. The van der Waals surface area contributed by atoms with Gasteiger partial charge in [-0.1, -0.05) is 181 Å². The minimum absolute atomic E-state index is 0.0522. The molecule has 0 aromatic heterocycles. The minimum Gasteiger partial charge on any atom is -0.379 e. The van der Waals surface area contributed by atoms with E-state index in [4.69, 9.17) is 19.9 Å². The lowest BCUT2D eigenvalue weighted by molar-refractivity contribution is -0.0612. The highest BCUT2D eigenvalue weighted by atomic mass is 16.6. The lowest BCUT2D eigenvalue weighted by Gasteiger charge is -2.18. The van der Waals surface area contributed by atoms with E-state index in [2.05, 4.69) is 13.8 Å². The molecule has 0 rings (SSSR count). The summed E-state index contributed by atoms with van der Waals surface area (Å²) in [6, 6.07) is 0. The van der Waals surface area contributed by atoms with Crippen LogP contribution in [0.2, 0.25) is 0 Å². The lowest BCUT2D eigenvalue weighted by atomic mass is 10.0. The molecule has 4 nitrogen and oxygen atoms in total. The summed E-state index contributed by atoms with van der Waals surface area (Å²) in [5.74, 6) is 0. The first-order chi connectivity index (χ1) is 20.8. The van der Waals surface area contributed by atoms with Crippen molar-refractivity contribution in [1.82, 2.24) is 0 Å². The fourth-order valence-electron chi connectivity index (χ4n) is 5.70. The summed E-state index contributed by atoms with van der Waals surface area (Å²) >= 11 is 0. The second-order valence-electron chi connectivity index (χ2n) is 13.0. The third kappa shape index (κ3) is 36.0. The molecule has 1 unspecified atom stereocenters. The Morgan fingerprint density at radius 1 is 0.357 bits per heavy atom. The predicted molar refractivity (Wildman–Crippen MR) is 186 cm³/mol. The van der Waals surface area contributed by atoms with Crippen molar-refractivity contribution in [2.45, 2.75) is 206 Å². The number of unbranched alkanes of at least 4 members (excludes halogenated alkanes) is 26. The molecule has 0 heterocycles. The van der Waals surface area contributed by atoms with E-state index >= 15 is 0 Å². The molecule has 2 N–H and O–H groups in total. The van der Waals surface area contributed by atoms with E-state index in [1.807, 2.05) is 0 Å². The summed E-state index contributed by atoms with van der Waals surface area (Å²) in [4.78, 5) is 0. The third-order valence-corrected chi connectivity index (χ3v) is 8.59. The van der Waals surface area contributed by atoms with Gasteiger partial charge in [-0.05, 0) is 25.8 Å². The van der Waals surface area contributed by atoms with Crippen LogP contribution in [-0.4, -0.2) is 45.7 Å². The molecule has 4 heteroatoms. The molecular weight excluding hydrogens is 518 g/mol. The van der Waals surface area contributed by atoms with Crippen LogP contribution >= 0.6 is 0 Å². The van der Waals surface area contributed by atoms with Crippen molar-refractivity contribution in [2.75, 3.05) is 39.6 Å². The van der Waals surface area contributed by atoms with Crippen LogP contribution < -0.4 is 5.73 Å². The average molecular weight is 598 g/mol. The summed E-state index contributed by atoms with van der Waals surface area (Å²) in [6.45, 7) is 8.93. The molecular formula is C38H79NO3. The van der Waals surface area contributed by atoms with Crippen LogP contribution in [0, 0.1) is 0 Å². The van der Waals surface area contributed by atoms with E-state index in [-0.39, 0.29) is 6.10 Å². The van der Waals surface area contributed by atoms with Crippen LogP contribution in [0.1, 0.15) is 200 Å². The van der Waals surface area contributed by atoms with Crippen LogP contribution in [0.4, 0.5) is 0 Å². The number of hydrogen-bond donors (Lipinski definition) is 1. The molecule has 254 valence electrons. The van der Waals surface area contributed by atoms with Gasteiger partial charge in [-0.25, -0.2) is 0 Å². The number of hydrogen-bond acceptors (Lipinski definition) is 4. The fourth-order valence-corrected chi connectivity index (χ4v) is 5.70. The Kier molecular flexibility index (Phi) is 38.7. The van der Waals surface area contributed by atoms with Gasteiger partial charge in [0.2, 0.25) is 0 Å². The Balaban J connectivity index is 3.60. The standard InChI is InChI=1S/C38H79NO3/c1-3-5-7-9-11-13-15-17-19-21-23-25-27-29-33-40-36-38(37-41-34-31-32-39)42-35-30-28-26-24-22-20-18-16-14-12-10-8-6-4-2/h38H,3-37,39H2,1-2H3. The Morgan fingerprint density at radius 3 is 0.976 bits per heavy atom. The van der Waals surface area contributed by atoms with Gasteiger partial charge in [-0.15, -0.1) is 0 Å². The van der Waals surface area contributed by atoms with Crippen molar-refractivity contribution in [3.8, 4) is 0 Å². The third-order valence-electron chi connectivity index (χ3n) is 8.59. The molecule has 1 atom stereocenters. The maximum absolute atomic E-state index is 6.17. The molecule has 0 saturated carbocycles. The molecule has 0 aromatic rings. The van der Waals surface area contributed by atoms with E-state index in [0.717, 1.165) is 32.5 Å². The first-order valence-corrected chi connectivity index (χ1v) is 19.3. The second-order valence-corrected chi connectivity index (χ2v) is 13.0. The molecule has 0 spiro atoms. The van der Waals surface area contributed by atoms with Gasteiger partial charge in [-0.2, -0.15) is 0 Å². The van der Waals surface area contributed by atoms with Crippen LogP contribution in [0.25, 0.3) is 0 Å². The second kappa shape index (κ2) is 38.9. The van der Waals surface area contributed by atoms with E-state index in [1.165, 1.54) is 167 Å². The number of rotatable bonds is 38. The molecule has 0 bridgehead atoms. The summed E-state index contributed by atoms with van der Waals surface area (Å²) in [5, 5.41) is 0. The normalized spacial score (nSPS) is 12.4. The SMILES string of the molecule is CCCCCCCCCCCCCCCCOCC(COCCCN)OCCCCCCCCCCCCCCCC. The lowest BCUT2D eigenvalue weighted by Crippen LogP contribution is -2.27. The Morgan fingerprint density at radius 2 is 0.643 bits per heavy atom. The van der Waals surface area contributed by atoms with Gasteiger partial charge < -0.3 is 19.9 Å². The van der Waals surface area contributed by atoms with Crippen LogP contribution in [-0.2, 0) is 14.2 Å². The van der Waals surface area contributed by atoms with Crippen molar-refractivity contribution < 1.29 is 14.2 Å². The van der Waals surface area contributed by atoms with Gasteiger partial charge in [0.05, 0.1) is 13.2 Å². The summed E-state index contributed by atoms with van der Waals surface area (Å²) in [7, 11) is 0. The molecule has 0 fully saturated rings. The summed E-state index contributed by atoms with van der Waals surface area (Å²) < 4.78 is 18.0. The zero-order valence-electron chi connectivity index (χ0n) is 29.1. The van der Waals surface area contributed by atoms with E-state index < -0.39 is 0 Å². The highest BCUT2D eigenvalue weighted by molar-refractivity contribution is 4.57. The maximum atomic E-state index is 6.17. The van der Waals surface area contributed by atoms with Crippen molar-refractivity contribution in [2.24, 2.45) is 5.73 Å². The molecule has 0 saturated heterocycles. The molecule has 0 aromatic carbocycles. The van der Waals surface area contributed by atoms with Gasteiger partial charge in [0.25, 0.3) is 0 Å². The van der Waals surface area contributed by atoms with Crippen LogP contribution in [0.5, 0.6) is 0 Å². The smallest absolute Gasteiger partial charge is 0.104 e. The number of nitrogens with two attached hydrogens (primary N) is 1. The van der Waals surface area contributed by atoms with Crippen molar-refractivity contribution in [1.29, 1.82) is 0 Å². The van der Waals surface area contributed by atoms with Crippen molar-refractivity contribution in [3.05, 3.63) is 0 Å². The van der Waals surface area contributed by atoms with Gasteiger partial charge in [-0.3, -0.25) is 0 Å². The van der Waals surface area contributed by atoms with Crippen molar-refractivity contribution in [3.63, 3.8) is 0 Å². The topological polar surface area (TPSA) is 53.7 Å². The van der Waals surface area contributed by atoms with Gasteiger partial charge in [0.15, 0.2) is 0 Å². The highest BCUT2D eigenvalue weighted by Crippen LogP contribution is 2.14. The molecule has 0 aliphatic rings. The monoisotopic (exact) mass is 598 g/mol. The first kappa shape index (κ1) is 41.8.